The third-order valence-electron chi connectivity index (χ3n) is 4.70. The number of carbonyl (C=O) groups excluding carboxylic acids is 6. The molecule has 0 atom stereocenters. The van der Waals surface area contributed by atoms with E-state index in [2.05, 4.69) is 9.68 Å². The van der Waals surface area contributed by atoms with Gasteiger partial charge in [0.05, 0.1) is 32.0 Å². The standard InChI is InChI=1S/C20H12N2O10S/c1-9(23)31-21-17(25)13-5-3-11(7-15(13)19(21)27)33(29,30)12-4-6-14-16(8-12)20(28)22(18(14)26)32-10(2)24/h3-8H,1-2H3. The van der Waals surface area contributed by atoms with Crippen LogP contribution >= 0.6 is 0 Å². The largest absolute Gasteiger partial charge is 0.330 e. The predicted molar refractivity (Wildman–Crippen MR) is 103 cm³/mol. The van der Waals surface area contributed by atoms with Gasteiger partial charge >= 0.3 is 11.9 Å². The van der Waals surface area contributed by atoms with Crippen molar-refractivity contribution in [3.05, 3.63) is 58.7 Å². The monoisotopic (exact) mass is 472 g/mol. The first-order valence-corrected chi connectivity index (χ1v) is 10.6. The molecule has 33 heavy (non-hydrogen) atoms. The number of sulfone groups is 1. The van der Waals surface area contributed by atoms with Gasteiger partial charge in [0.1, 0.15) is 0 Å². The number of rotatable bonds is 4. The molecule has 0 aromatic heterocycles. The summed E-state index contributed by atoms with van der Waals surface area (Å²) >= 11 is 0. The van der Waals surface area contributed by atoms with Crippen LogP contribution < -0.4 is 0 Å². The second kappa shape index (κ2) is 7.34. The Kier molecular flexibility index (Phi) is 4.85. The Hall–Kier alpha value is -4.39. The first-order valence-electron chi connectivity index (χ1n) is 9.11. The summed E-state index contributed by atoms with van der Waals surface area (Å²) in [7, 11) is -4.32. The number of amides is 4. The molecule has 0 aliphatic carbocycles. The van der Waals surface area contributed by atoms with Gasteiger partial charge < -0.3 is 9.68 Å². The maximum absolute atomic E-state index is 13.1. The summed E-state index contributed by atoms with van der Waals surface area (Å²) in [6, 6.07) is 6.22. The van der Waals surface area contributed by atoms with Crippen molar-refractivity contribution < 1.29 is 46.9 Å². The normalized spacial score (nSPS) is 15.0. The summed E-state index contributed by atoms with van der Waals surface area (Å²) < 4.78 is 26.3. The molecule has 2 aliphatic heterocycles. The summed E-state index contributed by atoms with van der Waals surface area (Å²) in [5, 5.41) is 0.458. The van der Waals surface area contributed by atoms with Crippen LogP contribution in [-0.4, -0.2) is 54.1 Å². The van der Waals surface area contributed by atoms with Gasteiger partial charge in [0.2, 0.25) is 9.84 Å². The van der Waals surface area contributed by atoms with E-state index in [0.717, 1.165) is 50.2 Å². The van der Waals surface area contributed by atoms with Gasteiger partial charge in [-0.2, -0.15) is 0 Å². The molecule has 4 amide bonds. The number of hydrogen-bond acceptors (Lipinski definition) is 10. The van der Waals surface area contributed by atoms with Gasteiger partial charge in [0.15, 0.2) is 0 Å². The van der Waals surface area contributed by atoms with Crippen molar-refractivity contribution in [1.29, 1.82) is 0 Å². The first-order chi connectivity index (χ1) is 15.4. The molecule has 168 valence electrons. The Morgan fingerprint density at radius 3 is 1.30 bits per heavy atom. The highest BCUT2D eigenvalue weighted by atomic mass is 32.2. The number of imide groups is 2. The van der Waals surface area contributed by atoms with Crippen molar-refractivity contribution in [3.8, 4) is 0 Å². The van der Waals surface area contributed by atoms with E-state index in [1.807, 2.05) is 0 Å². The zero-order chi connectivity index (χ0) is 24.2. The van der Waals surface area contributed by atoms with Crippen LogP contribution in [0.25, 0.3) is 0 Å². The van der Waals surface area contributed by atoms with Gasteiger partial charge in [-0.25, -0.2) is 18.0 Å². The highest BCUT2D eigenvalue weighted by Crippen LogP contribution is 2.31. The predicted octanol–water partition coefficient (Wildman–Crippen LogP) is 0.668. The second-order valence-corrected chi connectivity index (χ2v) is 8.84. The molecule has 0 spiro atoms. The molecule has 13 heteroatoms. The lowest BCUT2D eigenvalue weighted by Gasteiger charge is -2.10. The maximum atomic E-state index is 13.1. The van der Waals surface area contributed by atoms with Gasteiger partial charge in [-0.1, -0.05) is 10.1 Å². The lowest BCUT2D eigenvalue weighted by Crippen LogP contribution is -2.31. The Bertz CT molecular complexity index is 1320. The van der Waals surface area contributed by atoms with Crippen LogP contribution in [0.4, 0.5) is 0 Å². The third-order valence-corrected chi connectivity index (χ3v) is 6.45. The smallest absolute Gasteiger partial charge is 0.330 e. The van der Waals surface area contributed by atoms with Crippen molar-refractivity contribution in [3.63, 3.8) is 0 Å². The van der Waals surface area contributed by atoms with E-state index in [4.69, 9.17) is 0 Å². The Morgan fingerprint density at radius 2 is 0.970 bits per heavy atom. The van der Waals surface area contributed by atoms with Crippen molar-refractivity contribution in [2.24, 2.45) is 0 Å². The minimum atomic E-state index is -4.32. The Morgan fingerprint density at radius 1 is 0.636 bits per heavy atom. The molecule has 0 bridgehead atoms. The van der Waals surface area contributed by atoms with Crippen LogP contribution in [0.3, 0.4) is 0 Å². The first kappa shape index (κ1) is 21.8. The average molecular weight is 472 g/mol. The Balaban J connectivity index is 1.73. The fourth-order valence-corrected chi connectivity index (χ4v) is 4.60. The van der Waals surface area contributed by atoms with Crippen molar-refractivity contribution in [1.82, 2.24) is 10.1 Å². The van der Waals surface area contributed by atoms with Gasteiger partial charge in [0, 0.05) is 13.8 Å². The molecule has 12 nitrogen and oxygen atoms in total. The van der Waals surface area contributed by atoms with Crippen LogP contribution in [0, 0.1) is 0 Å². The summed E-state index contributed by atoms with van der Waals surface area (Å²) in [5.41, 5.74) is -0.912. The topological polar surface area (TPSA) is 161 Å². The minimum absolute atomic E-state index is 0.160. The number of nitrogens with zero attached hydrogens (tertiary/aromatic N) is 2. The minimum Gasteiger partial charge on any atom is -0.330 e. The van der Waals surface area contributed by atoms with Crippen molar-refractivity contribution in [2.75, 3.05) is 0 Å². The lowest BCUT2D eigenvalue weighted by atomic mass is 10.1. The van der Waals surface area contributed by atoms with E-state index in [0.29, 0.717) is 0 Å². The summed E-state index contributed by atoms with van der Waals surface area (Å²) in [6.45, 7) is 1.98. The number of hydroxylamine groups is 4. The number of benzene rings is 2. The molecule has 0 N–H and O–H groups in total. The van der Waals surface area contributed by atoms with E-state index in [9.17, 15) is 37.2 Å². The zero-order valence-electron chi connectivity index (χ0n) is 16.8. The average Bonchev–Trinajstić information content (AvgIpc) is 3.13. The quantitative estimate of drug-likeness (QED) is 0.578. The third kappa shape index (κ3) is 3.34. The van der Waals surface area contributed by atoms with Gasteiger partial charge in [-0.05, 0) is 36.4 Å². The van der Waals surface area contributed by atoms with Crippen LogP contribution in [0.2, 0.25) is 0 Å². The molecule has 2 aromatic rings. The zero-order valence-corrected chi connectivity index (χ0v) is 17.7. The highest BCUT2D eigenvalue weighted by Gasteiger charge is 2.41. The van der Waals surface area contributed by atoms with E-state index >= 15 is 0 Å². The lowest BCUT2D eigenvalue weighted by molar-refractivity contribution is -0.166. The van der Waals surface area contributed by atoms with Crippen molar-refractivity contribution in [2.45, 2.75) is 23.6 Å². The molecule has 0 unspecified atom stereocenters. The van der Waals surface area contributed by atoms with Gasteiger partial charge in [-0.3, -0.25) is 19.2 Å². The van der Waals surface area contributed by atoms with Crippen LogP contribution in [-0.2, 0) is 29.1 Å². The summed E-state index contributed by atoms with van der Waals surface area (Å²) in [4.78, 5) is 80.0. The van der Waals surface area contributed by atoms with E-state index in [1.54, 1.807) is 0 Å². The van der Waals surface area contributed by atoms with E-state index in [1.165, 1.54) is 0 Å². The molecule has 2 heterocycles. The molecule has 0 saturated heterocycles. The summed E-state index contributed by atoms with van der Waals surface area (Å²) in [6.07, 6.45) is 0. The fraction of sp³-hybridized carbons (Fsp3) is 0.100. The van der Waals surface area contributed by atoms with E-state index in [-0.39, 0.29) is 42.2 Å². The molecule has 0 saturated carbocycles. The molecule has 2 aliphatic rings. The highest BCUT2D eigenvalue weighted by molar-refractivity contribution is 7.91. The molecule has 0 fully saturated rings. The second-order valence-electron chi connectivity index (χ2n) is 6.89. The number of carbonyl (C=O) groups is 6. The summed E-state index contributed by atoms with van der Waals surface area (Å²) in [5.74, 6) is -5.74. The maximum Gasteiger partial charge on any atom is 0.330 e. The number of hydrogen-bond donors (Lipinski definition) is 0. The number of fused-ring (bicyclic) bond motifs is 2. The van der Waals surface area contributed by atoms with Crippen molar-refractivity contribution >= 4 is 45.4 Å². The van der Waals surface area contributed by atoms with Crippen LogP contribution in [0.15, 0.2) is 46.2 Å². The molecular formula is C20H12N2O10S. The fourth-order valence-electron chi connectivity index (χ4n) is 3.29. The van der Waals surface area contributed by atoms with Crippen LogP contribution in [0.5, 0.6) is 0 Å². The molecule has 4 rings (SSSR count). The van der Waals surface area contributed by atoms with Gasteiger partial charge in [-0.15, -0.1) is 0 Å². The van der Waals surface area contributed by atoms with Gasteiger partial charge in [0.25, 0.3) is 23.6 Å². The van der Waals surface area contributed by atoms with E-state index < -0.39 is 45.4 Å². The molecule has 2 aromatic carbocycles. The SMILES string of the molecule is CC(=O)ON1C(=O)c2ccc(S(=O)(=O)c3ccc4c(c3)C(=O)N(OC(C)=O)C4=O)cc2C1=O. The van der Waals surface area contributed by atoms with Crippen LogP contribution in [0.1, 0.15) is 55.3 Å². The molecule has 0 radical (unpaired) electrons. The Labute approximate surface area is 185 Å². The molecular weight excluding hydrogens is 460 g/mol.